The summed E-state index contributed by atoms with van der Waals surface area (Å²) >= 11 is 2.42. The van der Waals surface area contributed by atoms with Gasteiger partial charge in [0, 0.05) is 11.5 Å². The maximum atomic E-state index is 12.5. The van der Waals surface area contributed by atoms with Crippen LogP contribution in [0.4, 0.5) is 5.13 Å². The molecule has 0 aliphatic carbocycles. The van der Waals surface area contributed by atoms with Gasteiger partial charge in [0.1, 0.15) is 16.6 Å². The maximum Gasteiger partial charge on any atom is 0.270 e. The quantitative estimate of drug-likeness (QED) is 0.457. The number of carbonyl (C=O) groups excluding carboxylic acids is 1. The number of benzene rings is 1. The van der Waals surface area contributed by atoms with Crippen molar-refractivity contribution in [1.29, 1.82) is 5.26 Å². The van der Waals surface area contributed by atoms with Crippen LogP contribution in [-0.4, -0.2) is 31.3 Å². The highest BCUT2D eigenvalue weighted by atomic mass is 32.2. The standard InChI is InChI=1S/C19H18N6O2S2/c1-10(2)17-24-25-19(29-17)22-15(26)11(3)28-18-21-14(12-7-5-4-6-8-12)13(9-20)16(27)23-18/h4-8,10-11H,1-3H3,(H,21,23,27)(H,22,25,26). The summed E-state index contributed by atoms with van der Waals surface area (Å²) in [6, 6.07) is 10.9. The molecule has 1 unspecified atom stereocenters. The van der Waals surface area contributed by atoms with Crippen LogP contribution in [0, 0.1) is 11.3 Å². The summed E-state index contributed by atoms with van der Waals surface area (Å²) < 4.78 is 0. The summed E-state index contributed by atoms with van der Waals surface area (Å²) in [7, 11) is 0. The topological polar surface area (TPSA) is 124 Å². The molecule has 0 saturated heterocycles. The third kappa shape index (κ3) is 4.88. The lowest BCUT2D eigenvalue weighted by Crippen LogP contribution is -2.23. The second kappa shape index (κ2) is 8.98. The van der Waals surface area contributed by atoms with Gasteiger partial charge in [-0.05, 0) is 6.92 Å². The van der Waals surface area contributed by atoms with Gasteiger partial charge in [0.15, 0.2) is 5.16 Å². The van der Waals surface area contributed by atoms with Crippen LogP contribution in [0.1, 0.15) is 37.3 Å². The average molecular weight is 427 g/mol. The van der Waals surface area contributed by atoms with E-state index in [1.54, 1.807) is 31.2 Å². The fourth-order valence-electron chi connectivity index (χ4n) is 2.36. The second-order valence-electron chi connectivity index (χ2n) is 6.42. The molecule has 3 aromatic rings. The highest BCUT2D eigenvalue weighted by molar-refractivity contribution is 8.00. The van der Waals surface area contributed by atoms with Gasteiger partial charge in [0.2, 0.25) is 11.0 Å². The number of hydrogen-bond acceptors (Lipinski definition) is 8. The molecular weight excluding hydrogens is 408 g/mol. The molecular formula is C19H18N6O2S2. The predicted molar refractivity (Wildman–Crippen MR) is 113 cm³/mol. The zero-order chi connectivity index (χ0) is 21.0. The summed E-state index contributed by atoms with van der Waals surface area (Å²) in [5, 5.41) is 21.1. The molecule has 0 aliphatic heterocycles. The molecule has 2 aromatic heterocycles. The molecule has 2 N–H and O–H groups in total. The minimum atomic E-state index is -0.555. The molecule has 10 heteroatoms. The molecule has 0 aliphatic rings. The lowest BCUT2D eigenvalue weighted by molar-refractivity contribution is -0.115. The zero-order valence-electron chi connectivity index (χ0n) is 16.0. The first kappa shape index (κ1) is 20.7. The summed E-state index contributed by atoms with van der Waals surface area (Å²) in [6.07, 6.45) is 0. The number of aromatic amines is 1. The van der Waals surface area contributed by atoms with Gasteiger partial charge in [-0.15, -0.1) is 10.2 Å². The first-order valence-corrected chi connectivity index (χ1v) is 10.5. The summed E-state index contributed by atoms with van der Waals surface area (Å²) in [6.45, 7) is 5.70. The molecule has 0 bridgehead atoms. The van der Waals surface area contributed by atoms with Crippen LogP contribution in [0.2, 0.25) is 0 Å². The van der Waals surface area contributed by atoms with Gasteiger partial charge in [-0.2, -0.15) is 5.26 Å². The van der Waals surface area contributed by atoms with Crippen LogP contribution in [0.25, 0.3) is 11.3 Å². The van der Waals surface area contributed by atoms with E-state index in [4.69, 9.17) is 0 Å². The number of aromatic nitrogens is 4. The molecule has 0 fully saturated rings. The fourth-order valence-corrected chi connectivity index (χ4v) is 3.91. The Kier molecular flexibility index (Phi) is 6.41. The van der Waals surface area contributed by atoms with E-state index in [1.165, 1.54) is 11.3 Å². The number of rotatable bonds is 6. The van der Waals surface area contributed by atoms with Gasteiger partial charge in [-0.1, -0.05) is 67.3 Å². The number of nitrogens with one attached hydrogen (secondary N) is 2. The number of nitriles is 1. The number of carbonyl (C=O) groups is 1. The highest BCUT2D eigenvalue weighted by Gasteiger charge is 2.20. The van der Waals surface area contributed by atoms with Crippen molar-refractivity contribution in [3.8, 4) is 17.3 Å². The molecule has 1 atom stereocenters. The molecule has 0 radical (unpaired) electrons. The SMILES string of the molecule is CC(Sc1nc(-c2ccccc2)c(C#N)c(=O)[nH]1)C(=O)Nc1nnc(C(C)C)s1. The highest BCUT2D eigenvalue weighted by Crippen LogP contribution is 2.26. The normalized spacial score (nSPS) is 11.8. The Hall–Kier alpha value is -3.03. The van der Waals surface area contributed by atoms with Gasteiger partial charge in [-0.3, -0.25) is 14.9 Å². The van der Waals surface area contributed by atoms with E-state index in [-0.39, 0.29) is 28.2 Å². The van der Waals surface area contributed by atoms with E-state index in [1.807, 2.05) is 26.0 Å². The van der Waals surface area contributed by atoms with Gasteiger partial charge in [0.05, 0.1) is 10.9 Å². The molecule has 8 nitrogen and oxygen atoms in total. The number of hydrogen-bond donors (Lipinski definition) is 2. The largest absolute Gasteiger partial charge is 0.300 e. The van der Waals surface area contributed by atoms with Crippen LogP contribution < -0.4 is 10.9 Å². The van der Waals surface area contributed by atoms with E-state index in [0.717, 1.165) is 16.8 Å². The number of anilines is 1. The van der Waals surface area contributed by atoms with Crippen LogP contribution in [0.15, 0.2) is 40.3 Å². The second-order valence-corrected chi connectivity index (χ2v) is 8.76. The number of H-pyrrole nitrogens is 1. The molecule has 2 heterocycles. The van der Waals surface area contributed by atoms with E-state index < -0.39 is 10.8 Å². The monoisotopic (exact) mass is 426 g/mol. The summed E-state index contributed by atoms with van der Waals surface area (Å²) in [4.78, 5) is 31.8. The Bertz CT molecular complexity index is 1120. The Labute approximate surface area is 175 Å². The Morgan fingerprint density at radius 2 is 1.97 bits per heavy atom. The third-order valence-corrected chi connectivity index (χ3v) is 6.00. The Morgan fingerprint density at radius 1 is 1.24 bits per heavy atom. The molecule has 1 amide bonds. The minimum Gasteiger partial charge on any atom is -0.300 e. The fraction of sp³-hybridized carbons (Fsp3) is 0.263. The minimum absolute atomic E-state index is 0.0623. The van der Waals surface area contributed by atoms with Crippen molar-refractivity contribution in [1.82, 2.24) is 20.2 Å². The maximum absolute atomic E-state index is 12.5. The number of amides is 1. The van der Waals surface area contributed by atoms with Crippen molar-refractivity contribution in [2.45, 2.75) is 37.1 Å². The van der Waals surface area contributed by atoms with Crippen molar-refractivity contribution in [3.63, 3.8) is 0 Å². The third-order valence-electron chi connectivity index (χ3n) is 3.88. The number of thioether (sulfide) groups is 1. The predicted octanol–water partition coefficient (Wildman–Crippen LogP) is 3.40. The lowest BCUT2D eigenvalue weighted by atomic mass is 10.1. The van der Waals surface area contributed by atoms with Crippen LogP contribution in [0.5, 0.6) is 0 Å². The molecule has 148 valence electrons. The smallest absolute Gasteiger partial charge is 0.270 e. The van der Waals surface area contributed by atoms with E-state index >= 15 is 0 Å². The zero-order valence-corrected chi connectivity index (χ0v) is 17.6. The molecule has 29 heavy (non-hydrogen) atoms. The van der Waals surface area contributed by atoms with E-state index in [9.17, 15) is 14.9 Å². The van der Waals surface area contributed by atoms with Gasteiger partial charge in [-0.25, -0.2) is 4.98 Å². The molecule has 0 saturated carbocycles. The van der Waals surface area contributed by atoms with Gasteiger partial charge < -0.3 is 4.98 Å². The van der Waals surface area contributed by atoms with Crippen molar-refractivity contribution < 1.29 is 4.79 Å². The summed E-state index contributed by atoms with van der Waals surface area (Å²) in [5.74, 6) is -0.0518. The Morgan fingerprint density at radius 3 is 2.59 bits per heavy atom. The van der Waals surface area contributed by atoms with Crippen LogP contribution >= 0.6 is 23.1 Å². The Balaban J connectivity index is 1.80. The average Bonchev–Trinajstić information content (AvgIpc) is 3.17. The van der Waals surface area contributed by atoms with Gasteiger partial charge >= 0.3 is 0 Å². The molecule has 1 aromatic carbocycles. The van der Waals surface area contributed by atoms with Crippen molar-refractivity contribution in [3.05, 3.63) is 51.3 Å². The van der Waals surface area contributed by atoms with Gasteiger partial charge in [0.25, 0.3) is 5.56 Å². The first-order valence-electron chi connectivity index (χ1n) is 8.79. The summed E-state index contributed by atoms with van der Waals surface area (Å²) in [5.41, 5.74) is 0.344. The molecule has 0 spiro atoms. The van der Waals surface area contributed by atoms with Crippen molar-refractivity contribution >= 4 is 34.1 Å². The molecule has 3 rings (SSSR count). The van der Waals surface area contributed by atoms with E-state index in [0.29, 0.717) is 10.7 Å². The van der Waals surface area contributed by atoms with Crippen LogP contribution in [0.3, 0.4) is 0 Å². The first-order chi connectivity index (χ1) is 13.9. The van der Waals surface area contributed by atoms with Crippen molar-refractivity contribution in [2.75, 3.05) is 5.32 Å². The number of nitrogens with zero attached hydrogens (tertiary/aromatic N) is 4. The van der Waals surface area contributed by atoms with E-state index in [2.05, 4.69) is 25.5 Å². The lowest BCUT2D eigenvalue weighted by Gasteiger charge is -2.11. The van der Waals surface area contributed by atoms with Crippen LogP contribution in [-0.2, 0) is 4.79 Å². The van der Waals surface area contributed by atoms with Crippen molar-refractivity contribution in [2.24, 2.45) is 0 Å².